The summed E-state index contributed by atoms with van der Waals surface area (Å²) in [5.74, 6) is 6.32. The number of benzene rings is 1. The van der Waals surface area contributed by atoms with Gasteiger partial charge in [-0.2, -0.15) is 0 Å². The van der Waals surface area contributed by atoms with Crippen molar-refractivity contribution >= 4 is 5.91 Å². The summed E-state index contributed by atoms with van der Waals surface area (Å²) in [5, 5.41) is 0. The molecule has 0 atom stereocenters. The molecular weight excluding hydrogens is 198 g/mol. The zero-order valence-electron chi connectivity index (χ0n) is 9.86. The first-order valence-corrected chi connectivity index (χ1v) is 5.44. The largest absolute Gasteiger partial charge is 0.349 e. The predicted octanol–water partition coefficient (Wildman–Crippen LogP) is 2.30. The second kappa shape index (κ2) is 6.68. The van der Waals surface area contributed by atoms with Crippen molar-refractivity contribution in [1.82, 2.24) is 4.90 Å². The van der Waals surface area contributed by atoms with Crippen molar-refractivity contribution in [3.05, 3.63) is 35.9 Å². The van der Waals surface area contributed by atoms with Gasteiger partial charge in [0.15, 0.2) is 0 Å². The first-order chi connectivity index (χ1) is 7.70. The number of carbonyl (C=O) groups excluding carboxylic acids is 1. The van der Waals surface area contributed by atoms with E-state index in [0.717, 1.165) is 18.4 Å². The van der Waals surface area contributed by atoms with Crippen LogP contribution in [0.1, 0.15) is 24.8 Å². The smallest absolute Gasteiger partial charge is 0.222 e. The quantitative estimate of drug-likeness (QED) is 0.559. The number of amides is 1. The third-order valence-electron chi connectivity index (χ3n) is 2.20. The van der Waals surface area contributed by atoms with Gasteiger partial charge >= 0.3 is 0 Å². The van der Waals surface area contributed by atoms with Gasteiger partial charge in [-0.3, -0.25) is 4.79 Å². The fourth-order valence-corrected chi connectivity index (χ4v) is 1.24. The van der Waals surface area contributed by atoms with Gasteiger partial charge in [0.25, 0.3) is 0 Å². The molecule has 1 rings (SSSR count). The minimum Gasteiger partial charge on any atom is -0.349 e. The molecule has 0 saturated carbocycles. The Morgan fingerprint density at radius 2 is 1.94 bits per heavy atom. The molecule has 0 fully saturated rings. The molecule has 1 amide bonds. The summed E-state index contributed by atoms with van der Waals surface area (Å²) in [6.45, 7) is 0. The van der Waals surface area contributed by atoms with E-state index < -0.39 is 0 Å². The van der Waals surface area contributed by atoms with Gasteiger partial charge in [-0.1, -0.05) is 30.0 Å². The van der Waals surface area contributed by atoms with E-state index in [1.807, 2.05) is 30.3 Å². The molecule has 0 aromatic heterocycles. The van der Waals surface area contributed by atoms with Gasteiger partial charge in [0.05, 0.1) is 0 Å². The topological polar surface area (TPSA) is 20.3 Å². The highest BCUT2D eigenvalue weighted by Crippen LogP contribution is 1.99. The number of unbranched alkanes of at least 4 members (excludes halogenated alkanes) is 1. The Hall–Kier alpha value is -1.75. The molecule has 0 aliphatic rings. The number of hydrogen-bond donors (Lipinski definition) is 0. The van der Waals surface area contributed by atoms with Crippen molar-refractivity contribution in [2.24, 2.45) is 0 Å². The molecular formula is C14H17NO. The molecule has 0 radical (unpaired) electrons. The molecule has 0 bridgehead atoms. The lowest BCUT2D eigenvalue weighted by atomic mass is 10.2. The summed E-state index contributed by atoms with van der Waals surface area (Å²) >= 11 is 0. The van der Waals surface area contributed by atoms with Gasteiger partial charge in [-0.25, -0.2) is 0 Å². The molecule has 2 nitrogen and oxygen atoms in total. The fourth-order valence-electron chi connectivity index (χ4n) is 1.24. The van der Waals surface area contributed by atoms with E-state index in [9.17, 15) is 4.79 Å². The van der Waals surface area contributed by atoms with Crippen LogP contribution < -0.4 is 0 Å². The monoisotopic (exact) mass is 215 g/mol. The Labute approximate surface area is 97.3 Å². The van der Waals surface area contributed by atoms with Crippen molar-refractivity contribution in [3.8, 4) is 11.8 Å². The summed E-state index contributed by atoms with van der Waals surface area (Å²) in [6, 6.07) is 9.88. The van der Waals surface area contributed by atoms with Crippen LogP contribution in [-0.2, 0) is 4.79 Å². The predicted molar refractivity (Wildman–Crippen MR) is 65.9 cm³/mol. The van der Waals surface area contributed by atoms with Crippen LogP contribution in [0.15, 0.2) is 30.3 Å². The van der Waals surface area contributed by atoms with Crippen molar-refractivity contribution < 1.29 is 4.79 Å². The summed E-state index contributed by atoms with van der Waals surface area (Å²) in [4.78, 5) is 12.9. The van der Waals surface area contributed by atoms with Gasteiger partial charge in [0.1, 0.15) is 0 Å². The van der Waals surface area contributed by atoms with E-state index in [-0.39, 0.29) is 5.91 Å². The maximum Gasteiger partial charge on any atom is 0.222 e. The van der Waals surface area contributed by atoms with E-state index in [2.05, 4.69) is 11.8 Å². The third-order valence-corrected chi connectivity index (χ3v) is 2.20. The summed E-state index contributed by atoms with van der Waals surface area (Å²) < 4.78 is 0. The molecule has 0 aliphatic heterocycles. The third kappa shape index (κ3) is 4.65. The number of hydrogen-bond acceptors (Lipinski definition) is 1. The van der Waals surface area contributed by atoms with Crippen LogP contribution in [0.3, 0.4) is 0 Å². The highest BCUT2D eigenvalue weighted by molar-refractivity contribution is 5.75. The van der Waals surface area contributed by atoms with Gasteiger partial charge in [-0.15, -0.1) is 0 Å². The van der Waals surface area contributed by atoms with E-state index in [4.69, 9.17) is 0 Å². The number of rotatable bonds is 3. The first kappa shape index (κ1) is 12.3. The maximum absolute atomic E-state index is 11.3. The van der Waals surface area contributed by atoms with Crippen molar-refractivity contribution in [2.75, 3.05) is 14.1 Å². The van der Waals surface area contributed by atoms with E-state index in [1.165, 1.54) is 0 Å². The molecule has 0 saturated heterocycles. The van der Waals surface area contributed by atoms with E-state index in [0.29, 0.717) is 6.42 Å². The Bertz CT molecular complexity index is 384. The molecule has 0 N–H and O–H groups in total. The number of carbonyl (C=O) groups is 1. The zero-order chi connectivity index (χ0) is 11.8. The van der Waals surface area contributed by atoms with Crippen LogP contribution in [0.5, 0.6) is 0 Å². The minimum atomic E-state index is 0.168. The summed E-state index contributed by atoms with van der Waals surface area (Å²) in [5.41, 5.74) is 1.03. The van der Waals surface area contributed by atoms with Crippen molar-refractivity contribution in [3.63, 3.8) is 0 Å². The average molecular weight is 215 g/mol. The lowest BCUT2D eigenvalue weighted by Crippen LogP contribution is -2.20. The van der Waals surface area contributed by atoms with Crippen LogP contribution in [0.2, 0.25) is 0 Å². The molecule has 2 heteroatoms. The first-order valence-electron chi connectivity index (χ1n) is 5.44. The highest BCUT2D eigenvalue weighted by atomic mass is 16.2. The van der Waals surface area contributed by atoms with Gasteiger partial charge in [0, 0.05) is 32.5 Å². The number of nitrogens with zero attached hydrogens (tertiary/aromatic N) is 1. The van der Waals surface area contributed by atoms with Gasteiger partial charge in [-0.05, 0) is 18.6 Å². The van der Waals surface area contributed by atoms with Crippen molar-refractivity contribution in [1.29, 1.82) is 0 Å². The molecule has 0 spiro atoms. The van der Waals surface area contributed by atoms with Gasteiger partial charge < -0.3 is 4.90 Å². The molecule has 0 heterocycles. The average Bonchev–Trinajstić information content (AvgIpc) is 2.29. The van der Waals surface area contributed by atoms with Crippen LogP contribution in [0, 0.1) is 11.8 Å². The fraction of sp³-hybridized carbons (Fsp3) is 0.357. The standard InChI is InChI=1S/C14H17NO/c1-15(2)14(16)12-8-4-7-11-13-9-5-3-6-10-13/h3,5-6,9-10H,4,8,12H2,1-2H3. The lowest BCUT2D eigenvalue weighted by molar-refractivity contribution is -0.128. The SMILES string of the molecule is CN(C)C(=O)CCCC#Cc1ccccc1. The molecule has 0 unspecified atom stereocenters. The molecule has 0 aliphatic carbocycles. The maximum atomic E-state index is 11.3. The summed E-state index contributed by atoms with van der Waals surface area (Å²) in [7, 11) is 3.55. The van der Waals surface area contributed by atoms with Crippen LogP contribution in [0.25, 0.3) is 0 Å². The molecule has 1 aromatic carbocycles. The van der Waals surface area contributed by atoms with E-state index >= 15 is 0 Å². The highest BCUT2D eigenvalue weighted by Gasteiger charge is 2.01. The molecule has 16 heavy (non-hydrogen) atoms. The Morgan fingerprint density at radius 3 is 2.56 bits per heavy atom. The van der Waals surface area contributed by atoms with Crippen molar-refractivity contribution in [2.45, 2.75) is 19.3 Å². The minimum absolute atomic E-state index is 0.168. The lowest BCUT2D eigenvalue weighted by Gasteiger charge is -2.08. The summed E-state index contributed by atoms with van der Waals surface area (Å²) in [6.07, 6.45) is 2.18. The Kier molecular flexibility index (Phi) is 5.15. The molecule has 84 valence electrons. The normalized spacial score (nSPS) is 9.12. The van der Waals surface area contributed by atoms with Crippen LogP contribution in [-0.4, -0.2) is 24.9 Å². The van der Waals surface area contributed by atoms with Gasteiger partial charge in [0.2, 0.25) is 5.91 Å². The van der Waals surface area contributed by atoms with E-state index in [1.54, 1.807) is 19.0 Å². The Morgan fingerprint density at radius 1 is 1.25 bits per heavy atom. The van der Waals surface area contributed by atoms with Crippen LogP contribution >= 0.6 is 0 Å². The van der Waals surface area contributed by atoms with Crippen LogP contribution in [0.4, 0.5) is 0 Å². The second-order valence-corrected chi connectivity index (χ2v) is 3.81. The molecule has 1 aromatic rings. The zero-order valence-corrected chi connectivity index (χ0v) is 9.86. The Balaban J connectivity index is 2.26. The second-order valence-electron chi connectivity index (χ2n) is 3.81.